The highest BCUT2D eigenvalue weighted by atomic mass is 32.1. The van der Waals surface area contributed by atoms with E-state index in [-0.39, 0.29) is 32.8 Å². The number of fused-ring (bicyclic) bond motifs is 1. The average Bonchev–Trinajstić information content (AvgIpc) is 3.67. The van der Waals surface area contributed by atoms with Crippen LogP contribution in [0.25, 0.3) is 10.6 Å². The number of pyridine rings is 1. The van der Waals surface area contributed by atoms with E-state index >= 15 is 0 Å². The Kier molecular flexibility index (Phi) is 12.1. The highest BCUT2D eigenvalue weighted by Gasteiger charge is 2.46. The Hall–Kier alpha value is -4.35. The number of hydrogen-bond donors (Lipinski definition) is 3. The van der Waals surface area contributed by atoms with Crippen molar-refractivity contribution >= 4 is 54.1 Å². The van der Waals surface area contributed by atoms with Gasteiger partial charge in [0.25, 0.3) is 5.91 Å². The highest BCUT2D eigenvalue weighted by Crippen LogP contribution is 2.43. The fourth-order valence-electron chi connectivity index (χ4n) is 6.27. The molecule has 1 fully saturated rings. The molecule has 0 spiro atoms. The molecular formula is C39H54F2N6O7SSi. The first-order valence-electron chi connectivity index (χ1n) is 18.7. The Morgan fingerprint density at radius 3 is 2.18 bits per heavy atom. The van der Waals surface area contributed by atoms with E-state index in [0.29, 0.717) is 43.4 Å². The number of benzene rings is 1. The van der Waals surface area contributed by atoms with E-state index in [1.807, 2.05) is 0 Å². The molecule has 0 unspecified atom stereocenters. The smallest absolute Gasteiger partial charge is 0.412 e. The van der Waals surface area contributed by atoms with Gasteiger partial charge in [-0.3, -0.25) is 10.1 Å². The molecule has 1 aromatic carbocycles. The summed E-state index contributed by atoms with van der Waals surface area (Å²) in [7, 11) is -2.31. The first kappa shape index (κ1) is 42.8. The first-order chi connectivity index (χ1) is 25.8. The van der Waals surface area contributed by atoms with Crippen molar-refractivity contribution in [2.45, 2.75) is 117 Å². The van der Waals surface area contributed by atoms with E-state index in [9.17, 15) is 23.2 Å². The minimum atomic E-state index is -2.31. The number of carbonyl (C=O) groups is 3. The van der Waals surface area contributed by atoms with Crippen molar-refractivity contribution < 1.29 is 41.8 Å². The Morgan fingerprint density at radius 1 is 0.946 bits per heavy atom. The predicted molar refractivity (Wildman–Crippen MR) is 215 cm³/mol. The third-order valence-corrected chi connectivity index (χ3v) is 15.2. The Bertz CT molecular complexity index is 1950. The number of carbonyl (C=O) groups excluding carboxylic acids is 3. The second-order valence-electron chi connectivity index (χ2n) is 17.8. The zero-order valence-electron chi connectivity index (χ0n) is 34.2. The number of rotatable bonds is 8. The summed E-state index contributed by atoms with van der Waals surface area (Å²) in [4.78, 5) is 51.3. The SMILES string of the molecule is C[C@H]1CN(c2c(NC(=O)c3nc(-c4c(F)cccc4F)sc3NC(=O)OC(C)(C)C)cnc3c2CCO3)C[C@@H](NC(=O)OC(C)(C)C)[C@@H]1O[Si](C)(C)C(C)(C)C. The van der Waals surface area contributed by atoms with Gasteiger partial charge in [0.1, 0.15) is 32.8 Å². The van der Waals surface area contributed by atoms with Gasteiger partial charge in [0, 0.05) is 31.0 Å². The van der Waals surface area contributed by atoms with Crippen LogP contribution < -0.4 is 25.6 Å². The standard InChI is InChI=1S/C39H54F2N6O7SSi/c1-21-19-47(20-26(44-35(49)52-37(2,3)4)30(21)54-56(11,12)39(8,9)10)29-22-16-17-51-32(22)42-18-25(29)43-31(48)28-34(46-36(50)53-38(5,6)7)55-33(45-28)27-23(40)14-13-15-24(27)41/h13-15,18,21,26,30H,16-17,19-20H2,1-12H3,(H,43,48)(H,44,49)(H,46,50)/t21-,26+,30+/m0/s1. The maximum absolute atomic E-state index is 14.9. The molecule has 0 aliphatic carbocycles. The molecule has 13 nitrogen and oxygen atoms in total. The Morgan fingerprint density at radius 2 is 1.57 bits per heavy atom. The molecule has 56 heavy (non-hydrogen) atoms. The molecule has 0 radical (unpaired) electrons. The molecule has 2 aromatic heterocycles. The third kappa shape index (κ3) is 9.95. The van der Waals surface area contributed by atoms with Gasteiger partial charge in [-0.05, 0) is 71.8 Å². The summed E-state index contributed by atoms with van der Waals surface area (Å²) < 4.78 is 53.8. The number of piperidine rings is 1. The number of thiazole rings is 1. The largest absolute Gasteiger partial charge is 0.477 e. The van der Waals surface area contributed by atoms with Crippen LogP contribution in [-0.4, -0.2) is 79.4 Å². The number of alkyl carbamates (subject to hydrolysis) is 1. The summed E-state index contributed by atoms with van der Waals surface area (Å²) in [6.07, 6.45) is 0.166. The minimum absolute atomic E-state index is 0.0766. The summed E-state index contributed by atoms with van der Waals surface area (Å²) in [5, 5.41) is 8.21. The summed E-state index contributed by atoms with van der Waals surface area (Å²) in [6.45, 7) is 24.5. The molecule has 5 rings (SSSR count). The molecule has 3 amide bonds. The lowest BCUT2D eigenvalue weighted by Gasteiger charge is -2.49. The summed E-state index contributed by atoms with van der Waals surface area (Å²) >= 11 is 0.730. The van der Waals surface area contributed by atoms with Crippen LogP contribution in [0.5, 0.6) is 5.88 Å². The molecule has 3 aromatic rings. The van der Waals surface area contributed by atoms with E-state index in [1.54, 1.807) is 41.5 Å². The molecule has 1 saturated heterocycles. The zero-order valence-corrected chi connectivity index (χ0v) is 36.0. The van der Waals surface area contributed by atoms with Crippen LogP contribution in [0, 0.1) is 17.6 Å². The van der Waals surface area contributed by atoms with Crippen LogP contribution in [0.2, 0.25) is 18.1 Å². The summed E-state index contributed by atoms with van der Waals surface area (Å²) in [6, 6.07) is 2.87. The molecule has 3 atom stereocenters. The number of nitrogens with one attached hydrogen (secondary N) is 3. The Balaban J connectivity index is 1.54. The van der Waals surface area contributed by atoms with Crippen molar-refractivity contribution in [3.8, 4) is 16.5 Å². The minimum Gasteiger partial charge on any atom is -0.477 e. The van der Waals surface area contributed by atoms with Crippen molar-refractivity contribution in [3.05, 3.63) is 47.3 Å². The van der Waals surface area contributed by atoms with E-state index in [0.717, 1.165) is 29.0 Å². The number of amides is 3. The third-order valence-electron chi connectivity index (χ3n) is 9.72. The van der Waals surface area contributed by atoms with Crippen LogP contribution in [0.15, 0.2) is 24.4 Å². The van der Waals surface area contributed by atoms with Gasteiger partial charge in [-0.2, -0.15) is 0 Å². The van der Waals surface area contributed by atoms with Crippen LogP contribution in [-0.2, 0) is 20.3 Å². The molecule has 4 heterocycles. The molecule has 2 aliphatic heterocycles. The topological polar surface area (TPSA) is 153 Å². The average molecular weight is 817 g/mol. The van der Waals surface area contributed by atoms with Gasteiger partial charge < -0.3 is 34.2 Å². The first-order valence-corrected chi connectivity index (χ1v) is 22.4. The van der Waals surface area contributed by atoms with E-state index in [1.165, 1.54) is 12.3 Å². The maximum atomic E-state index is 14.9. The monoisotopic (exact) mass is 816 g/mol. The molecule has 0 bridgehead atoms. The Labute approximate surface area is 332 Å². The second kappa shape index (κ2) is 15.9. The number of halogens is 2. The molecule has 0 saturated carbocycles. The molecule has 2 aliphatic rings. The van der Waals surface area contributed by atoms with Gasteiger partial charge in [0.15, 0.2) is 14.0 Å². The second-order valence-corrected chi connectivity index (χ2v) is 23.5. The number of nitrogens with zero attached hydrogens (tertiary/aromatic N) is 3. The predicted octanol–water partition coefficient (Wildman–Crippen LogP) is 8.76. The van der Waals surface area contributed by atoms with Crippen molar-refractivity contribution in [2.75, 3.05) is 35.2 Å². The lowest BCUT2D eigenvalue weighted by Crippen LogP contribution is -2.63. The fourth-order valence-corrected chi connectivity index (χ4v) is 8.70. The zero-order chi connectivity index (χ0) is 41.5. The van der Waals surface area contributed by atoms with Crippen LogP contribution >= 0.6 is 11.3 Å². The van der Waals surface area contributed by atoms with Crippen LogP contribution in [0.4, 0.5) is 34.7 Å². The number of aromatic nitrogens is 2. The van der Waals surface area contributed by atoms with Crippen LogP contribution in [0.3, 0.4) is 0 Å². The summed E-state index contributed by atoms with van der Waals surface area (Å²) in [5.41, 5.74) is -0.643. The van der Waals surface area contributed by atoms with Crippen molar-refractivity contribution in [3.63, 3.8) is 0 Å². The molecule has 306 valence electrons. The van der Waals surface area contributed by atoms with E-state index in [4.69, 9.17) is 18.6 Å². The van der Waals surface area contributed by atoms with Gasteiger partial charge >= 0.3 is 12.2 Å². The van der Waals surface area contributed by atoms with Gasteiger partial charge in [-0.15, -0.1) is 0 Å². The van der Waals surface area contributed by atoms with Crippen molar-refractivity contribution in [1.29, 1.82) is 0 Å². The van der Waals surface area contributed by atoms with E-state index < -0.39 is 60.9 Å². The maximum Gasteiger partial charge on any atom is 0.412 e. The number of ether oxygens (including phenoxy) is 3. The van der Waals surface area contributed by atoms with Crippen molar-refractivity contribution in [2.24, 2.45) is 5.92 Å². The van der Waals surface area contributed by atoms with Crippen molar-refractivity contribution in [1.82, 2.24) is 15.3 Å². The van der Waals surface area contributed by atoms with Gasteiger partial charge in [-0.1, -0.05) is 45.1 Å². The van der Waals surface area contributed by atoms with Gasteiger partial charge in [0.05, 0.1) is 41.9 Å². The lowest BCUT2D eigenvalue weighted by molar-refractivity contribution is 0.0336. The summed E-state index contributed by atoms with van der Waals surface area (Å²) in [5.74, 6) is -2.23. The lowest BCUT2D eigenvalue weighted by atomic mass is 9.91. The number of hydrogen-bond acceptors (Lipinski definition) is 11. The van der Waals surface area contributed by atoms with Gasteiger partial charge in [-0.25, -0.2) is 28.3 Å². The molecule has 3 N–H and O–H groups in total. The highest BCUT2D eigenvalue weighted by molar-refractivity contribution is 7.19. The quantitative estimate of drug-likeness (QED) is 0.188. The molecular weight excluding hydrogens is 763 g/mol. The number of anilines is 3. The molecule has 17 heteroatoms. The fraction of sp³-hybridized carbons (Fsp3) is 0.564. The van der Waals surface area contributed by atoms with E-state index in [2.05, 4.69) is 71.6 Å². The normalized spacial score (nSPS) is 18.8. The van der Waals surface area contributed by atoms with Crippen LogP contribution in [0.1, 0.15) is 85.3 Å². The van der Waals surface area contributed by atoms with Gasteiger partial charge in [0.2, 0.25) is 5.88 Å².